The number of nitrogens with one attached hydrogen (secondary N) is 1. The fraction of sp³-hybridized carbons (Fsp3) is 0.500. The average molecular weight is 302 g/mol. The van der Waals surface area contributed by atoms with Gasteiger partial charge in [0.25, 0.3) is 0 Å². The largest absolute Gasteiger partial charge is 0.303 e. The second kappa shape index (κ2) is 6.54. The maximum absolute atomic E-state index is 5.41. The van der Waals surface area contributed by atoms with Gasteiger partial charge in [-0.3, -0.25) is 9.67 Å². The summed E-state index contributed by atoms with van der Waals surface area (Å²) in [7, 11) is 0. The number of hydrogen-bond donors (Lipinski definition) is 1. The van der Waals surface area contributed by atoms with Gasteiger partial charge < -0.3 is 4.90 Å². The van der Waals surface area contributed by atoms with Crippen LogP contribution in [-0.2, 0) is 6.54 Å². The summed E-state index contributed by atoms with van der Waals surface area (Å²) in [6.45, 7) is 6.83. The van der Waals surface area contributed by atoms with Crippen molar-refractivity contribution in [2.24, 2.45) is 5.92 Å². The monoisotopic (exact) mass is 302 g/mol. The third kappa shape index (κ3) is 3.41. The Balaban J connectivity index is 1.76. The van der Waals surface area contributed by atoms with E-state index >= 15 is 0 Å². The van der Waals surface area contributed by atoms with Crippen molar-refractivity contribution < 1.29 is 0 Å². The zero-order valence-electron chi connectivity index (χ0n) is 12.5. The number of aromatic amines is 1. The molecule has 0 aliphatic carbocycles. The topological polar surface area (TPSA) is 36.9 Å². The molecule has 0 spiro atoms. The second-order valence-electron chi connectivity index (χ2n) is 5.94. The maximum atomic E-state index is 5.41. The Bertz CT molecular complexity index is 625. The van der Waals surface area contributed by atoms with E-state index in [1.807, 2.05) is 18.2 Å². The SMILES string of the molecule is CC(CN1CCCC1)Cn1c(-c2ccccc2)n[nH]c1=S. The molecule has 0 bridgehead atoms. The van der Waals surface area contributed by atoms with Gasteiger partial charge in [-0.05, 0) is 44.1 Å². The lowest BCUT2D eigenvalue weighted by molar-refractivity contribution is 0.271. The summed E-state index contributed by atoms with van der Waals surface area (Å²) in [6.07, 6.45) is 2.68. The van der Waals surface area contributed by atoms with Crippen LogP contribution in [0.5, 0.6) is 0 Å². The molecule has 1 atom stereocenters. The molecule has 1 aliphatic rings. The summed E-state index contributed by atoms with van der Waals surface area (Å²) in [6, 6.07) is 10.2. The van der Waals surface area contributed by atoms with Gasteiger partial charge in [-0.2, -0.15) is 5.10 Å². The molecular formula is C16H22N4S. The highest BCUT2D eigenvalue weighted by molar-refractivity contribution is 7.71. The van der Waals surface area contributed by atoms with Crippen molar-refractivity contribution in [1.29, 1.82) is 0 Å². The minimum Gasteiger partial charge on any atom is -0.303 e. The smallest absolute Gasteiger partial charge is 0.195 e. The molecule has 1 saturated heterocycles. The van der Waals surface area contributed by atoms with Gasteiger partial charge in [-0.1, -0.05) is 37.3 Å². The third-order valence-corrected chi connectivity index (χ3v) is 4.36. The molecule has 1 aromatic carbocycles. The number of benzene rings is 1. The van der Waals surface area contributed by atoms with Gasteiger partial charge in [0.2, 0.25) is 0 Å². The van der Waals surface area contributed by atoms with Gasteiger partial charge in [0.05, 0.1) is 0 Å². The van der Waals surface area contributed by atoms with Crippen LogP contribution in [0.25, 0.3) is 11.4 Å². The molecular weight excluding hydrogens is 280 g/mol. The zero-order valence-corrected chi connectivity index (χ0v) is 13.3. The second-order valence-corrected chi connectivity index (χ2v) is 6.33. The molecule has 0 radical (unpaired) electrons. The fourth-order valence-electron chi connectivity index (χ4n) is 3.07. The summed E-state index contributed by atoms with van der Waals surface area (Å²) in [5.74, 6) is 1.50. The van der Waals surface area contributed by atoms with Crippen molar-refractivity contribution in [1.82, 2.24) is 19.7 Å². The van der Waals surface area contributed by atoms with E-state index < -0.39 is 0 Å². The van der Waals surface area contributed by atoms with Crippen molar-refractivity contribution in [2.75, 3.05) is 19.6 Å². The lowest BCUT2D eigenvalue weighted by Crippen LogP contribution is -2.27. The first-order valence-corrected chi connectivity index (χ1v) is 8.08. The van der Waals surface area contributed by atoms with Gasteiger partial charge in [0, 0.05) is 18.7 Å². The summed E-state index contributed by atoms with van der Waals surface area (Å²) >= 11 is 5.41. The van der Waals surface area contributed by atoms with Crippen molar-refractivity contribution in [2.45, 2.75) is 26.3 Å². The summed E-state index contributed by atoms with van der Waals surface area (Å²) in [5.41, 5.74) is 1.11. The highest BCUT2D eigenvalue weighted by atomic mass is 32.1. The predicted octanol–water partition coefficient (Wildman–Crippen LogP) is 3.34. The van der Waals surface area contributed by atoms with Crippen molar-refractivity contribution >= 4 is 12.2 Å². The van der Waals surface area contributed by atoms with Crippen LogP contribution < -0.4 is 0 Å². The number of hydrogen-bond acceptors (Lipinski definition) is 3. The minimum atomic E-state index is 0.565. The van der Waals surface area contributed by atoms with Crippen LogP contribution in [0.2, 0.25) is 0 Å². The average Bonchev–Trinajstić information content (AvgIpc) is 3.11. The number of likely N-dealkylation sites (tertiary alicyclic amines) is 1. The predicted molar refractivity (Wildman–Crippen MR) is 87.7 cm³/mol. The molecule has 4 nitrogen and oxygen atoms in total. The van der Waals surface area contributed by atoms with E-state index in [4.69, 9.17) is 12.2 Å². The number of nitrogens with zero attached hydrogens (tertiary/aromatic N) is 3. The van der Waals surface area contributed by atoms with Gasteiger partial charge >= 0.3 is 0 Å². The number of H-pyrrole nitrogens is 1. The van der Waals surface area contributed by atoms with E-state index in [9.17, 15) is 0 Å². The van der Waals surface area contributed by atoms with Crippen LogP contribution in [0.3, 0.4) is 0 Å². The van der Waals surface area contributed by atoms with Crippen LogP contribution in [0.1, 0.15) is 19.8 Å². The molecule has 1 aromatic heterocycles. The van der Waals surface area contributed by atoms with Crippen LogP contribution in [0.4, 0.5) is 0 Å². The number of rotatable bonds is 5. The third-order valence-electron chi connectivity index (χ3n) is 4.05. The van der Waals surface area contributed by atoms with E-state index in [1.165, 1.54) is 25.9 Å². The summed E-state index contributed by atoms with van der Waals surface area (Å²) in [5, 5.41) is 7.34. The van der Waals surface area contributed by atoms with E-state index in [0.717, 1.165) is 24.5 Å². The van der Waals surface area contributed by atoms with E-state index in [0.29, 0.717) is 10.7 Å². The van der Waals surface area contributed by atoms with Crippen LogP contribution in [0, 0.1) is 10.7 Å². The molecule has 3 rings (SSSR count). The lowest BCUT2D eigenvalue weighted by Gasteiger charge is -2.21. The van der Waals surface area contributed by atoms with E-state index in [-0.39, 0.29) is 0 Å². The molecule has 2 heterocycles. The van der Waals surface area contributed by atoms with Crippen molar-refractivity contribution in [3.8, 4) is 11.4 Å². The van der Waals surface area contributed by atoms with Crippen LogP contribution in [0.15, 0.2) is 30.3 Å². The normalized spacial score (nSPS) is 17.2. The fourth-order valence-corrected chi connectivity index (χ4v) is 3.28. The summed E-state index contributed by atoms with van der Waals surface area (Å²) in [4.78, 5) is 2.55. The maximum Gasteiger partial charge on any atom is 0.195 e. The standard InChI is InChI=1S/C16H22N4S/c1-13(11-19-9-5-6-10-19)12-20-15(17-18-16(20)21)14-7-3-2-4-8-14/h2-4,7-8,13H,5-6,9-12H2,1H3,(H,18,21). The van der Waals surface area contributed by atoms with Crippen molar-refractivity contribution in [3.63, 3.8) is 0 Å². The van der Waals surface area contributed by atoms with Gasteiger partial charge in [0.1, 0.15) is 0 Å². The Hall–Kier alpha value is -1.46. The van der Waals surface area contributed by atoms with E-state index in [1.54, 1.807) is 0 Å². The Morgan fingerprint density at radius 3 is 2.62 bits per heavy atom. The number of aromatic nitrogens is 3. The quantitative estimate of drug-likeness (QED) is 0.861. The molecule has 1 fully saturated rings. The Labute approximate surface area is 130 Å². The molecule has 112 valence electrons. The van der Waals surface area contributed by atoms with Crippen LogP contribution >= 0.6 is 12.2 Å². The zero-order chi connectivity index (χ0) is 14.7. The Kier molecular flexibility index (Phi) is 4.51. The molecule has 1 aliphatic heterocycles. The molecule has 0 amide bonds. The molecule has 2 aromatic rings. The first-order chi connectivity index (χ1) is 10.2. The Morgan fingerprint density at radius 1 is 1.19 bits per heavy atom. The van der Waals surface area contributed by atoms with Crippen LogP contribution in [-0.4, -0.2) is 39.3 Å². The van der Waals surface area contributed by atoms with Gasteiger partial charge in [0.15, 0.2) is 10.6 Å². The Morgan fingerprint density at radius 2 is 1.90 bits per heavy atom. The summed E-state index contributed by atoms with van der Waals surface area (Å²) < 4.78 is 2.84. The highest BCUT2D eigenvalue weighted by Gasteiger charge is 2.17. The molecule has 21 heavy (non-hydrogen) atoms. The lowest BCUT2D eigenvalue weighted by atomic mass is 10.1. The molecule has 5 heteroatoms. The minimum absolute atomic E-state index is 0.565. The molecule has 0 saturated carbocycles. The van der Waals surface area contributed by atoms with Gasteiger partial charge in [-0.25, -0.2) is 0 Å². The first-order valence-electron chi connectivity index (χ1n) is 7.67. The highest BCUT2D eigenvalue weighted by Crippen LogP contribution is 2.19. The van der Waals surface area contributed by atoms with Crippen molar-refractivity contribution in [3.05, 3.63) is 35.1 Å². The first kappa shape index (κ1) is 14.5. The molecule has 1 unspecified atom stereocenters. The van der Waals surface area contributed by atoms with E-state index in [2.05, 4.69) is 38.7 Å². The van der Waals surface area contributed by atoms with Gasteiger partial charge in [-0.15, -0.1) is 0 Å². The molecule has 1 N–H and O–H groups in total.